The van der Waals surface area contributed by atoms with Crippen molar-refractivity contribution >= 4 is 7.60 Å². The summed E-state index contributed by atoms with van der Waals surface area (Å²) in [5, 5.41) is 0. The molecule has 7 heteroatoms. The van der Waals surface area contributed by atoms with Crippen molar-refractivity contribution in [2.75, 3.05) is 27.4 Å². The van der Waals surface area contributed by atoms with Gasteiger partial charge in [0.25, 0.3) is 0 Å². The van der Waals surface area contributed by atoms with E-state index < -0.39 is 13.4 Å². The van der Waals surface area contributed by atoms with E-state index in [1.54, 1.807) is 26.0 Å². The second-order valence-electron chi connectivity index (χ2n) is 4.40. The third-order valence-corrected chi connectivity index (χ3v) is 5.12. The number of ether oxygens (including phenoxy) is 2. The van der Waals surface area contributed by atoms with Gasteiger partial charge in [-0.1, -0.05) is 0 Å². The summed E-state index contributed by atoms with van der Waals surface area (Å²) in [5.74, 6) is 0.0147. The lowest BCUT2D eigenvalue weighted by Gasteiger charge is -2.26. The van der Waals surface area contributed by atoms with Crippen LogP contribution < -0.4 is 15.2 Å². The zero-order valence-corrected chi connectivity index (χ0v) is 14.1. The van der Waals surface area contributed by atoms with Crippen molar-refractivity contribution in [3.05, 3.63) is 23.3 Å². The normalized spacial score (nSPS) is 13.0. The molecule has 0 saturated heterocycles. The molecule has 0 bridgehead atoms. The molecule has 0 fully saturated rings. The molecule has 0 amide bonds. The summed E-state index contributed by atoms with van der Waals surface area (Å²) in [7, 11) is -0.461. The van der Waals surface area contributed by atoms with Crippen LogP contribution in [0.25, 0.3) is 0 Å². The van der Waals surface area contributed by atoms with Gasteiger partial charge in [-0.3, -0.25) is 4.57 Å². The molecule has 1 rings (SSSR count). The topological polar surface area (TPSA) is 80.0 Å². The molecule has 1 atom stereocenters. The van der Waals surface area contributed by atoms with E-state index >= 15 is 0 Å². The first-order valence-electron chi connectivity index (χ1n) is 6.80. The van der Waals surface area contributed by atoms with E-state index in [1.165, 1.54) is 14.2 Å². The molecular formula is C14H24NO5P. The molecule has 1 aromatic rings. The van der Waals surface area contributed by atoms with Gasteiger partial charge in [-0.15, -0.1) is 0 Å². The Morgan fingerprint density at radius 2 is 1.52 bits per heavy atom. The fourth-order valence-electron chi connectivity index (χ4n) is 2.08. The number of hydrogen-bond acceptors (Lipinski definition) is 6. The van der Waals surface area contributed by atoms with Gasteiger partial charge >= 0.3 is 7.60 Å². The average Bonchev–Trinajstić information content (AvgIpc) is 2.45. The molecule has 0 saturated carbocycles. The number of methoxy groups -OCH3 is 2. The Morgan fingerprint density at radius 3 is 1.86 bits per heavy atom. The van der Waals surface area contributed by atoms with Crippen LogP contribution >= 0.6 is 7.60 Å². The molecule has 1 aromatic carbocycles. The lowest BCUT2D eigenvalue weighted by Crippen LogP contribution is -2.17. The number of benzene rings is 1. The van der Waals surface area contributed by atoms with Crippen molar-refractivity contribution in [3.8, 4) is 11.5 Å². The second-order valence-corrected chi connectivity index (χ2v) is 6.56. The molecule has 0 spiro atoms. The summed E-state index contributed by atoms with van der Waals surface area (Å²) in [6.45, 7) is 5.86. The van der Waals surface area contributed by atoms with Gasteiger partial charge in [-0.05, 0) is 38.5 Å². The third-order valence-electron chi connectivity index (χ3n) is 2.94. The average molecular weight is 317 g/mol. The molecule has 0 unspecified atom stereocenters. The van der Waals surface area contributed by atoms with Crippen molar-refractivity contribution in [2.24, 2.45) is 5.73 Å². The fraction of sp³-hybridized carbons (Fsp3) is 0.571. The van der Waals surface area contributed by atoms with E-state index in [0.717, 1.165) is 5.56 Å². The van der Waals surface area contributed by atoms with Gasteiger partial charge in [0, 0.05) is 0 Å². The lowest BCUT2D eigenvalue weighted by atomic mass is 10.1. The Bertz CT molecular complexity index is 485. The Morgan fingerprint density at radius 1 is 1.10 bits per heavy atom. The predicted octanol–water partition coefficient (Wildman–Crippen LogP) is 3.24. The van der Waals surface area contributed by atoms with Crippen molar-refractivity contribution in [1.82, 2.24) is 0 Å². The summed E-state index contributed by atoms with van der Waals surface area (Å²) < 4.78 is 34.2. The number of aryl methyl sites for hydroxylation is 1. The minimum absolute atomic E-state index is 0.238. The molecular weight excluding hydrogens is 293 g/mol. The lowest BCUT2D eigenvalue weighted by molar-refractivity contribution is 0.211. The Labute approximate surface area is 126 Å². The van der Waals surface area contributed by atoms with Crippen molar-refractivity contribution < 1.29 is 23.1 Å². The molecule has 0 aliphatic heterocycles. The van der Waals surface area contributed by atoms with Crippen molar-refractivity contribution in [1.29, 1.82) is 0 Å². The highest BCUT2D eigenvalue weighted by molar-refractivity contribution is 7.54. The highest BCUT2D eigenvalue weighted by atomic mass is 31.2. The summed E-state index contributed by atoms with van der Waals surface area (Å²) in [5.41, 5.74) is 7.60. The quantitative estimate of drug-likeness (QED) is 0.741. The zero-order chi connectivity index (χ0) is 16.0. The molecule has 0 heterocycles. The van der Waals surface area contributed by atoms with Crippen LogP contribution in [0.15, 0.2) is 12.1 Å². The Kier molecular flexibility index (Phi) is 6.68. The Hall–Kier alpha value is -1.07. The first-order valence-corrected chi connectivity index (χ1v) is 8.41. The van der Waals surface area contributed by atoms with Crippen LogP contribution in [0.5, 0.6) is 11.5 Å². The molecule has 0 aromatic heterocycles. The van der Waals surface area contributed by atoms with Gasteiger partial charge in [0.15, 0.2) is 0 Å². The van der Waals surface area contributed by atoms with E-state index in [-0.39, 0.29) is 13.2 Å². The van der Waals surface area contributed by atoms with Gasteiger partial charge < -0.3 is 24.3 Å². The van der Waals surface area contributed by atoms with E-state index in [2.05, 4.69) is 0 Å². The highest BCUT2D eigenvalue weighted by Gasteiger charge is 2.37. The zero-order valence-electron chi connectivity index (χ0n) is 13.2. The summed E-state index contributed by atoms with van der Waals surface area (Å²) in [6.07, 6.45) is 0. The Balaban J connectivity index is 3.39. The maximum Gasteiger partial charge on any atom is 0.352 e. The maximum atomic E-state index is 12.9. The van der Waals surface area contributed by atoms with Crippen LogP contribution in [0.3, 0.4) is 0 Å². The van der Waals surface area contributed by atoms with Crippen LogP contribution in [-0.2, 0) is 13.6 Å². The molecule has 6 nitrogen and oxygen atoms in total. The molecule has 21 heavy (non-hydrogen) atoms. The van der Waals surface area contributed by atoms with Gasteiger partial charge in [0.05, 0.1) is 33.0 Å². The number of nitrogens with two attached hydrogens (primary N) is 1. The van der Waals surface area contributed by atoms with E-state index in [4.69, 9.17) is 24.3 Å². The SMILES string of the molecule is CCOP(=O)(OCC)[C@@H](N)c1c(OC)cc(C)cc1OC. The first kappa shape index (κ1) is 18.0. The number of hydrogen-bond donors (Lipinski definition) is 1. The maximum absolute atomic E-state index is 12.9. The second kappa shape index (κ2) is 7.80. The van der Waals surface area contributed by atoms with E-state index in [1.807, 2.05) is 6.92 Å². The summed E-state index contributed by atoms with van der Waals surface area (Å²) in [4.78, 5) is 0. The van der Waals surface area contributed by atoms with E-state index in [0.29, 0.717) is 17.1 Å². The monoisotopic (exact) mass is 317 g/mol. The standard InChI is InChI=1S/C14H24NO5P/c1-6-19-21(16,20-7-2)14(15)13-11(17-4)8-10(3)9-12(13)18-5/h8-9,14H,6-7,15H2,1-5H3/t14-/m1/s1. The third kappa shape index (κ3) is 3.98. The van der Waals surface area contributed by atoms with Gasteiger partial charge in [0.2, 0.25) is 0 Å². The minimum Gasteiger partial charge on any atom is -0.496 e. The molecule has 2 N–H and O–H groups in total. The summed E-state index contributed by atoms with van der Waals surface area (Å²) >= 11 is 0. The van der Waals surface area contributed by atoms with Crippen LogP contribution in [0.4, 0.5) is 0 Å². The van der Waals surface area contributed by atoms with Crippen molar-refractivity contribution in [2.45, 2.75) is 26.6 Å². The van der Waals surface area contributed by atoms with Crippen LogP contribution in [0, 0.1) is 6.92 Å². The van der Waals surface area contributed by atoms with Crippen molar-refractivity contribution in [3.63, 3.8) is 0 Å². The minimum atomic E-state index is -3.51. The van der Waals surface area contributed by atoms with Crippen LogP contribution in [-0.4, -0.2) is 27.4 Å². The van der Waals surface area contributed by atoms with Gasteiger partial charge in [-0.2, -0.15) is 0 Å². The molecule has 0 radical (unpaired) electrons. The fourth-order valence-corrected chi connectivity index (χ4v) is 3.76. The predicted molar refractivity (Wildman–Crippen MR) is 82.1 cm³/mol. The smallest absolute Gasteiger partial charge is 0.352 e. The van der Waals surface area contributed by atoms with E-state index in [9.17, 15) is 4.57 Å². The van der Waals surface area contributed by atoms with Crippen LogP contribution in [0.2, 0.25) is 0 Å². The first-order chi connectivity index (χ1) is 9.93. The largest absolute Gasteiger partial charge is 0.496 e. The highest BCUT2D eigenvalue weighted by Crippen LogP contribution is 2.61. The van der Waals surface area contributed by atoms with Crippen LogP contribution in [0.1, 0.15) is 30.8 Å². The molecule has 120 valence electrons. The summed E-state index contributed by atoms with van der Waals surface area (Å²) in [6, 6.07) is 3.61. The number of rotatable bonds is 8. The van der Waals surface area contributed by atoms with Gasteiger partial charge in [0.1, 0.15) is 17.3 Å². The van der Waals surface area contributed by atoms with Gasteiger partial charge in [-0.25, -0.2) is 0 Å². The molecule has 0 aliphatic rings. The molecule has 0 aliphatic carbocycles.